The van der Waals surface area contributed by atoms with Crippen LogP contribution in [0.5, 0.6) is 0 Å². The number of hydrogen-bond donors (Lipinski definition) is 0. The van der Waals surface area contributed by atoms with Gasteiger partial charge in [0.05, 0.1) is 27.2 Å². The third-order valence-electron chi connectivity index (χ3n) is 4.23. The van der Waals surface area contributed by atoms with E-state index < -0.39 is 0 Å². The van der Waals surface area contributed by atoms with Crippen LogP contribution in [0, 0.1) is 0 Å². The maximum atomic E-state index is 2.39. The molecule has 124 valence electrons. The van der Waals surface area contributed by atoms with E-state index in [1.165, 1.54) is 94.6 Å². The van der Waals surface area contributed by atoms with Gasteiger partial charge in [0.25, 0.3) is 0 Å². The third-order valence-corrected chi connectivity index (χ3v) is 4.23. The minimum Gasteiger partial charge on any atom is -1.00 e. The predicted molar refractivity (Wildman–Crippen MR) is 88.6 cm³/mol. The minimum absolute atomic E-state index is 0. The molecule has 0 saturated heterocycles. The molecule has 2 heteroatoms. The fraction of sp³-hybridized carbons (Fsp3) is 1.00. The first-order valence-electron chi connectivity index (χ1n) is 8.94. The zero-order chi connectivity index (χ0) is 14.4. The number of quaternary nitrogens is 1. The molecule has 0 atom stereocenters. The van der Waals surface area contributed by atoms with Crippen molar-refractivity contribution in [3.8, 4) is 0 Å². The van der Waals surface area contributed by atoms with E-state index in [1.807, 2.05) is 0 Å². The maximum absolute atomic E-state index is 2.39. The van der Waals surface area contributed by atoms with Crippen molar-refractivity contribution in [3.05, 3.63) is 0 Å². The van der Waals surface area contributed by atoms with Crippen molar-refractivity contribution in [2.45, 2.75) is 90.9 Å². The van der Waals surface area contributed by atoms with Crippen LogP contribution >= 0.6 is 0 Å². The van der Waals surface area contributed by atoms with E-state index >= 15 is 0 Å². The van der Waals surface area contributed by atoms with Gasteiger partial charge in [-0.2, -0.15) is 0 Å². The molecule has 0 aromatic rings. The van der Waals surface area contributed by atoms with Crippen LogP contribution in [0.2, 0.25) is 0 Å². The SMILES string of the molecule is CCCCCCCCCCCC[N+](C)(C)CCCC.[Cl-]. The summed E-state index contributed by atoms with van der Waals surface area (Å²) in [6, 6.07) is 0. The van der Waals surface area contributed by atoms with Crippen molar-refractivity contribution in [2.24, 2.45) is 0 Å². The van der Waals surface area contributed by atoms with Crippen LogP contribution in [0.1, 0.15) is 90.9 Å². The molecule has 0 bridgehead atoms. The van der Waals surface area contributed by atoms with Gasteiger partial charge in [0, 0.05) is 0 Å². The number of halogens is 1. The van der Waals surface area contributed by atoms with Crippen LogP contribution in [-0.2, 0) is 0 Å². The van der Waals surface area contributed by atoms with Gasteiger partial charge in [-0.25, -0.2) is 0 Å². The van der Waals surface area contributed by atoms with Gasteiger partial charge in [-0.15, -0.1) is 0 Å². The number of nitrogens with zero attached hydrogens (tertiary/aromatic N) is 1. The third kappa shape index (κ3) is 16.3. The summed E-state index contributed by atoms with van der Waals surface area (Å²) in [6.07, 6.45) is 17.2. The Morgan fingerprint density at radius 3 is 1.30 bits per heavy atom. The average molecular weight is 306 g/mol. The van der Waals surface area contributed by atoms with Crippen LogP contribution in [0.3, 0.4) is 0 Å². The molecule has 0 aromatic heterocycles. The maximum Gasteiger partial charge on any atom is 0.0782 e. The Hall–Kier alpha value is 0.250. The summed E-state index contributed by atoms with van der Waals surface area (Å²) in [5, 5.41) is 0. The molecule has 0 rings (SSSR count). The Bertz CT molecular complexity index is 180. The van der Waals surface area contributed by atoms with E-state index in [0.717, 1.165) is 0 Å². The molecule has 0 radical (unpaired) electrons. The Labute approximate surface area is 135 Å². The molecular weight excluding hydrogens is 266 g/mol. The van der Waals surface area contributed by atoms with E-state index in [0.29, 0.717) is 0 Å². The van der Waals surface area contributed by atoms with Gasteiger partial charge in [0.2, 0.25) is 0 Å². The summed E-state index contributed by atoms with van der Waals surface area (Å²) >= 11 is 0. The normalized spacial score (nSPS) is 11.4. The molecule has 20 heavy (non-hydrogen) atoms. The predicted octanol–water partition coefficient (Wildman–Crippen LogP) is 2.79. The van der Waals surface area contributed by atoms with Gasteiger partial charge in [-0.1, -0.05) is 71.6 Å². The van der Waals surface area contributed by atoms with Gasteiger partial charge >= 0.3 is 0 Å². The van der Waals surface area contributed by atoms with Crippen molar-refractivity contribution in [1.29, 1.82) is 0 Å². The van der Waals surface area contributed by atoms with Crippen LogP contribution in [-0.4, -0.2) is 31.7 Å². The Balaban J connectivity index is 0. The Morgan fingerprint density at radius 2 is 0.850 bits per heavy atom. The van der Waals surface area contributed by atoms with Gasteiger partial charge in [-0.05, 0) is 19.3 Å². The largest absolute Gasteiger partial charge is 1.00 e. The highest BCUT2D eigenvalue weighted by atomic mass is 35.5. The van der Waals surface area contributed by atoms with Gasteiger partial charge in [-0.3, -0.25) is 0 Å². The second kappa shape index (κ2) is 15.6. The molecular formula is C18H40ClN. The first kappa shape index (κ1) is 22.5. The van der Waals surface area contributed by atoms with Gasteiger partial charge < -0.3 is 16.9 Å². The quantitative estimate of drug-likeness (QED) is 0.342. The lowest BCUT2D eigenvalue weighted by atomic mass is 10.1. The molecule has 1 nitrogen and oxygen atoms in total. The topological polar surface area (TPSA) is 0 Å². The molecule has 0 fully saturated rings. The highest BCUT2D eigenvalue weighted by Gasteiger charge is 2.12. The lowest BCUT2D eigenvalue weighted by Crippen LogP contribution is -3.00. The van der Waals surface area contributed by atoms with Crippen LogP contribution < -0.4 is 12.4 Å². The smallest absolute Gasteiger partial charge is 0.0782 e. The average Bonchev–Trinajstić information content (AvgIpc) is 2.38. The molecule has 0 aromatic carbocycles. The van der Waals surface area contributed by atoms with Crippen molar-refractivity contribution in [3.63, 3.8) is 0 Å². The molecule has 0 aliphatic rings. The highest BCUT2D eigenvalue weighted by molar-refractivity contribution is 4.47. The standard InChI is InChI=1S/C18H40N.ClH/c1-5-7-9-10-11-12-13-14-15-16-18-19(3,4)17-8-6-2;/h5-18H2,1-4H3;1H/q+1;/p-1. The highest BCUT2D eigenvalue weighted by Crippen LogP contribution is 2.12. The minimum atomic E-state index is 0. The lowest BCUT2D eigenvalue weighted by Gasteiger charge is -2.29. The van der Waals surface area contributed by atoms with Crippen molar-refractivity contribution in [1.82, 2.24) is 0 Å². The van der Waals surface area contributed by atoms with Gasteiger partial charge in [0.15, 0.2) is 0 Å². The first-order valence-corrected chi connectivity index (χ1v) is 8.94. The summed E-state index contributed by atoms with van der Waals surface area (Å²) in [6.45, 7) is 7.31. The molecule has 0 amide bonds. The van der Waals surface area contributed by atoms with Crippen molar-refractivity contribution < 1.29 is 16.9 Å². The van der Waals surface area contributed by atoms with Crippen LogP contribution in [0.4, 0.5) is 0 Å². The van der Waals surface area contributed by atoms with Crippen LogP contribution in [0.15, 0.2) is 0 Å². The molecule has 0 unspecified atom stereocenters. The van der Waals surface area contributed by atoms with E-state index in [-0.39, 0.29) is 12.4 Å². The van der Waals surface area contributed by atoms with Gasteiger partial charge in [0.1, 0.15) is 0 Å². The van der Waals surface area contributed by atoms with E-state index in [4.69, 9.17) is 0 Å². The fourth-order valence-corrected chi connectivity index (χ4v) is 2.73. The van der Waals surface area contributed by atoms with Crippen molar-refractivity contribution >= 4 is 0 Å². The molecule has 0 aliphatic heterocycles. The van der Waals surface area contributed by atoms with Crippen molar-refractivity contribution in [2.75, 3.05) is 27.2 Å². The molecule has 0 heterocycles. The summed E-state index contributed by atoms with van der Waals surface area (Å²) < 4.78 is 1.23. The van der Waals surface area contributed by atoms with E-state index in [1.54, 1.807) is 0 Å². The molecule has 0 aliphatic carbocycles. The summed E-state index contributed by atoms with van der Waals surface area (Å²) in [5.41, 5.74) is 0. The molecule has 0 N–H and O–H groups in total. The zero-order valence-electron chi connectivity index (χ0n) is 14.7. The zero-order valence-corrected chi connectivity index (χ0v) is 15.5. The lowest BCUT2D eigenvalue weighted by molar-refractivity contribution is -0.890. The Morgan fingerprint density at radius 1 is 0.500 bits per heavy atom. The number of hydrogen-bond acceptors (Lipinski definition) is 0. The van der Waals surface area contributed by atoms with Crippen LogP contribution in [0.25, 0.3) is 0 Å². The number of rotatable bonds is 14. The summed E-state index contributed by atoms with van der Waals surface area (Å²) in [5.74, 6) is 0. The van der Waals surface area contributed by atoms with E-state index in [2.05, 4.69) is 27.9 Å². The first-order chi connectivity index (χ1) is 9.12. The monoisotopic (exact) mass is 305 g/mol. The Kier molecular flexibility index (Phi) is 17.6. The second-order valence-corrected chi connectivity index (χ2v) is 6.92. The summed E-state index contributed by atoms with van der Waals surface area (Å²) in [4.78, 5) is 0. The fourth-order valence-electron chi connectivity index (χ4n) is 2.73. The number of unbranched alkanes of at least 4 members (excludes halogenated alkanes) is 10. The molecule has 0 saturated carbocycles. The second-order valence-electron chi connectivity index (χ2n) is 6.92. The summed E-state index contributed by atoms with van der Waals surface area (Å²) in [7, 11) is 4.78. The van der Waals surface area contributed by atoms with E-state index in [9.17, 15) is 0 Å². The molecule has 0 spiro atoms.